The third-order valence-corrected chi connectivity index (χ3v) is 1.88. The van der Waals surface area contributed by atoms with Crippen molar-refractivity contribution in [3.8, 4) is 0 Å². The molecule has 1 atom stereocenters. The fourth-order valence-corrected chi connectivity index (χ4v) is 1.21. The number of likely N-dealkylation sites (N-methyl/N-ethyl adjacent to an activating group) is 1. The Kier molecular flexibility index (Phi) is 4.73. The van der Waals surface area contributed by atoms with Gasteiger partial charge in [-0.3, -0.25) is 0 Å². The van der Waals surface area contributed by atoms with Crippen LogP contribution in [0.15, 0.2) is 0 Å². The Bertz CT molecular complexity index is 79.5. The van der Waals surface area contributed by atoms with Crippen LogP contribution in [0.1, 0.15) is 12.8 Å². The fourth-order valence-electron chi connectivity index (χ4n) is 1.21. The molecular weight excluding hydrogens is 297 g/mol. The van der Waals surface area contributed by atoms with E-state index in [-0.39, 0.29) is 21.1 Å². The maximum absolute atomic E-state index is 8.69. The van der Waals surface area contributed by atoms with Gasteiger partial charge in [-0.15, -0.1) is 0 Å². The minimum atomic E-state index is 0. The summed E-state index contributed by atoms with van der Waals surface area (Å²) >= 11 is 0. The van der Waals surface area contributed by atoms with Gasteiger partial charge in [0.05, 0.1) is 6.61 Å². The Hall–Kier alpha value is 0.608. The SMILES string of the molecule is CN1CCCC1CO.[Pt]. The maximum Gasteiger partial charge on any atom is 0.0586 e. The number of likely N-dealkylation sites (tertiary alicyclic amines) is 1. The van der Waals surface area contributed by atoms with Crippen LogP contribution in [-0.2, 0) is 21.1 Å². The molecule has 58 valence electrons. The molecule has 1 aliphatic rings. The van der Waals surface area contributed by atoms with Gasteiger partial charge >= 0.3 is 0 Å². The molecule has 1 aliphatic heterocycles. The van der Waals surface area contributed by atoms with Crippen LogP contribution in [0.25, 0.3) is 0 Å². The molecule has 2 nitrogen and oxygen atoms in total. The van der Waals surface area contributed by atoms with Crippen molar-refractivity contribution in [1.82, 2.24) is 4.90 Å². The predicted molar refractivity (Wildman–Crippen MR) is 32.7 cm³/mol. The smallest absolute Gasteiger partial charge is 0.0586 e. The molecule has 3 heteroatoms. The van der Waals surface area contributed by atoms with E-state index in [0.29, 0.717) is 12.6 Å². The Morgan fingerprint density at radius 2 is 2.33 bits per heavy atom. The predicted octanol–water partition coefficient (Wildman–Crippen LogP) is 0.0704. The maximum atomic E-state index is 8.69. The zero-order valence-corrected chi connectivity index (χ0v) is 7.89. The van der Waals surface area contributed by atoms with Gasteiger partial charge < -0.3 is 10.0 Å². The van der Waals surface area contributed by atoms with E-state index in [4.69, 9.17) is 5.11 Å². The largest absolute Gasteiger partial charge is 0.395 e. The molecule has 0 aromatic heterocycles. The van der Waals surface area contributed by atoms with Crippen molar-refractivity contribution in [3.05, 3.63) is 0 Å². The molecule has 0 spiro atoms. The summed E-state index contributed by atoms with van der Waals surface area (Å²) in [5, 5.41) is 8.69. The van der Waals surface area contributed by atoms with E-state index < -0.39 is 0 Å². The minimum Gasteiger partial charge on any atom is -0.395 e. The molecule has 1 rings (SSSR count). The van der Waals surface area contributed by atoms with Crippen LogP contribution in [0, 0.1) is 0 Å². The van der Waals surface area contributed by atoms with Crippen molar-refractivity contribution in [2.24, 2.45) is 0 Å². The van der Waals surface area contributed by atoms with E-state index >= 15 is 0 Å². The first kappa shape index (κ1) is 9.61. The monoisotopic (exact) mass is 310 g/mol. The molecule has 0 radical (unpaired) electrons. The number of hydrogen-bond donors (Lipinski definition) is 1. The molecule has 9 heavy (non-hydrogen) atoms. The van der Waals surface area contributed by atoms with Crippen LogP contribution in [0.5, 0.6) is 0 Å². The van der Waals surface area contributed by atoms with Crippen LogP contribution in [0.2, 0.25) is 0 Å². The van der Waals surface area contributed by atoms with Gasteiger partial charge in [-0.2, -0.15) is 0 Å². The number of rotatable bonds is 1. The van der Waals surface area contributed by atoms with Gasteiger partial charge in [0.25, 0.3) is 0 Å². The summed E-state index contributed by atoms with van der Waals surface area (Å²) in [6.45, 7) is 1.49. The van der Waals surface area contributed by atoms with E-state index in [2.05, 4.69) is 11.9 Å². The average Bonchev–Trinajstić information content (AvgIpc) is 2.14. The van der Waals surface area contributed by atoms with Gasteiger partial charge in [0.15, 0.2) is 0 Å². The second-order valence-electron chi connectivity index (χ2n) is 2.46. The summed E-state index contributed by atoms with van der Waals surface area (Å²) in [5.41, 5.74) is 0. The molecular formula is C6H13NOPt. The summed E-state index contributed by atoms with van der Waals surface area (Å²) in [4.78, 5) is 2.21. The van der Waals surface area contributed by atoms with Gasteiger partial charge in [0.2, 0.25) is 0 Å². The van der Waals surface area contributed by atoms with E-state index in [9.17, 15) is 0 Å². The molecule has 1 unspecified atom stereocenters. The number of hydrogen-bond acceptors (Lipinski definition) is 2. The van der Waals surface area contributed by atoms with Crippen molar-refractivity contribution >= 4 is 0 Å². The molecule has 0 bridgehead atoms. The minimum absolute atomic E-state index is 0. The number of nitrogens with zero attached hydrogens (tertiary/aromatic N) is 1. The van der Waals surface area contributed by atoms with E-state index in [1.165, 1.54) is 12.8 Å². The average molecular weight is 310 g/mol. The van der Waals surface area contributed by atoms with E-state index in [1.54, 1.807) is 0 Å². The summed E-state index contributed by atoms with van der Waals surface area (Å²) < 4.78 is 0. The Morgan fingerprint density at radius 1 is 1.67 bits per heavy atom. The van der Waals surface area contributed by atoms with Crippen LogP contribution < -0.4 is 0 Å². The Balaban J connectivity index is 0.000000640. The number of aliphatic hydroxyl groups is 1. The Morgan fingerprint density at radius 3 is 2.56 bits per heavy atom. The molecule has 0 saturated carbocycles. The quantitative estimate of drug-likeness (QED) is 0.741. The fraction of sp³-hybridized carbons (Fsp3) is 1.00. The zero-order valence-electron chi connectivity index (χ0n) is 5.62. The van der Waals surface area contributed by atoms with Crippen LogP contribution >= 0.6 is 0 Å². The van der Waals surface area contributed by atoms with E-state index in [1.807, 2.05) is 0 Å². The Labute approximate surface area is 70.5 Å². The summed E-state index contributed by atoms with van der Waals surface area (Å²) in [6, 6.07) is 0.454. The molecule has 1 saturated heterocycles. The number of aliphatic hydroxyl groups excluding tert-OH is 1. The summed E-state index contributed by atoms with van der Waals surface area (Å²) in [6.07, 6.45) is 2.43. The topological polar surface area (TPSA) is 23.5 Å². The summed E-state index contributed by atoms with van der Waals surface area (Å²) in [7, 11) is 2.06. The van der Waals surface area contributed by atoms with Crippen LogP contribution in [-0.4, -0.2) is 36.2 Å². The third kappa shape index (κ3) is 2.36. The van der Waals surface area contributed by atoms with Crippen molar-refractivity contribution < 1.29 is 26.2 Å². The van der Waals surface area contributed by atoms with Crippen LogP contribution in [0.3, 0.4) is 0 Å². The first-order valence-corrected chi connectivity index (χ1v) is 3.15. The van der Waals surface area contributed by atoms with Crippen LogP contribution in [0.4, 0.5) is 0 Å². The van der Waals surface area contributed by atoms with Crippen molar-refractivity contribution in [2.75, 3.05) is 20.2 Å². The van der Waals surface area contributed by atoms with Crippen molar-refractivity contribution in [3.63, 3.8) is 0 Å². The molecule has 0 aliphatic carbocycles. The molecule has 0 aromatic rings. The third-order valence-electron chi connectivity index (χ3n) is 1.88. The van der Waals surface area contributed by atoms with Crippen molar-refractivity contribution in [2.45, 2.75) is 18.9 Å². The van der Waals surface area contributed by atoms with Crippen molar-refractivity contribution in [1.29, 1.82) is 0 Å². The van der Waals surface area contributed by atoms with Gasteiger partial charge in [-0.05, 0) is 26.4 Å². The van der Waals surface area contributed by atoms with Gasteiger partial charge in [-0.1, -0.05) is 0 Å². The first-order chi connectivity index (χ1) is 3.84. The molecule has 1 N–H and O–H groups in total. The second-order valence-corrected chi connectivity index (χ2v) is 2.46. The van der Waals surface area contributed by atoms with Gasteiger partial charge in [-0.25, -0.2) is 0 Å². The van der Waals surface area contributed by atoms with E-state index in [0.717, 1.165) is 6.54 Å². The molecule has 0 amide bonds. The normalized spacial score (nSPS) is 28.0. The molecule has 1 heterocycles. The van der Waals surface area contributed by atoms with Gasteiger partial charge in [0, 0.05) is 27.1 Å². The molecule has 1 fully saturated rings. The standard InChI is InChI=1S/C6H13NO.Pt/c1-7-4-2-3-6(7)5-8;/h6,8H,2-5H2,1H3;. The second kappa shape index (κ2) is 4.43. The molecule has 0 aromatic carbocycles. The first-order valence-electron chi connectivity index (χ1n) is 3.15. The zero-order chi connectivity index (χ0) is 5.98. The summed E-state index contributed by atoms with van der Waals surface area (Å²) in [5.74, 6) is 0. The van der Waals surface area contributed by atoms with Gasteiger partial charge in [0.1, 0.15) is 0 Å².